The Bertz CT molecular complexity index is 1390. The molecule has 188 valence electrons. The first-order valence-corrected chi connectivity index (χ1v) is 11.9. The average Bonchev–Trinajstić information content (AvgIpc) is 3.22. The highest BCUT2D eigenvalue weighted by atomic mass is 19.1. The fourth-order valence-electron chi connectivity index (χ4n) is 4.57. The zero-order valence-corrected chi connectivity index (χ0v) is 19.8. The molecule has 2 aliphatic heterocycles. The molecule has 3 aromatic carbocycles. The van der Waals surface area contributed by atoms with Gasteiger partial charge in [0.1, 0.15) is 18.5 Å². The number of piperidine rings is 1. The van der Waals surface area contributed by atoms with Crippen LogP contribution in [0.15, 0.2) is 66.7 Å². The third kappa shape index (κ3) is 5.35. The first-order valence-electron chi connectivity index (χ1n) is 11.9. The number of carbonyl (C=O) groups excluding carboxylic acids is 4. The first kappa shape index (κ1) is 24.2. The van der Waals surface area contributed by atoms with E-state index in [-0.39, 0.29) is 37.2 Å². The van der Waals surface area contributed by atoms with E-state index in [4.69, 9.17) is 4.74 Å². The lowest BCUT2D eigenvalue weighted by molar-refractivity contribution is -0.136. The minimum absolute atomic E-state index is 0.0600. The van der Waals surface area contributed by atoms with Crippen molar-refractivity contribution >= 4 is 23.8 Å². The molecule has 2 heterocycles. The highest BCUT2D eigenvalue weighted by Gasteiger charge is 2.39. The second-order valence-electron chi connectivity index (χ2n) is 9.03. The molecule has 5 rings (SSSR count). The number of carbonyl (C=O) groups is 4. The van der Waals surface area contributed by atoms with Crippen molar-refractivity contribution in [3.05, 3.63) is 94.8 Å². The maximum atomic E-state index is 13.2. The van der Waals surface area contributed by atoms with Crippen LogP contribution in [0.5, 0.6) is 0 Å². The van der Waals surface area contributed by atoms with Crippen LogP contribution in [0.1, 0.15) is 39.9 Å². The summed E-state index contributed by atoms with van der Waals surface area (Å²) in [5, 5.41) is 4.97. The molecule has 3 aromatic rings. The molecule has 0 spiro atoms. The summed E-state index contributed by atoms with van der Waals surface area (Å²) in [6.45, 7) is 0.519. The van der Waals surface area contributed by atoms with Crippen LogP contribution >= 0.6 is 0 Å². The summed E-state index contributed by atoms with van der Waals surface area (Å²) in [7, 11) is 0. The van der Waals surface area contributed by atoms with Crippen LogP contribution in [-0.4, -0.2) is 34.8 Å². The number of hydrogen-bond acceptors (Lipinski definition) is 5. The molecule has 8 nitrogen and oxygen atoms in total. The Hall–Kier alpha value is -4.53. The van der Waals surface area contributed by atoms with Gasteiger partial charge in [-0.1, -0.05) is 42.5 Å². The van der Waals surface area contributed by atoms with E-state index < -0.39 is 18.0 Å². The minimum atomic E-state index is -0.671. The van der Waals surface area contributed by atoms with Crippen molar-refractivity contribution in [3.63, 3.8) is 0 Å². The zero-order chi connectivity index (χ0) is 25.9. The summed E-state index contributed by atoms with van der Waals surface area (Å²) in [5.41, 5.74) is 4.52. The Balaban J connectivity index is 1.15. The summed E-state index contributed by atoms with van der Waals surface area (Å²) in [6, 6.07) is 18.3. The molecule has 1 saturated heterocycles. The number of imide groups is 1. The van der Waals surface area contributed by atoms with Gasteiger partial charge in [0.15, 0.2) is 0 Å². The zero-order valence-electron chi connectivity index (χ0n) is 19.8. The molecule has 0 saturated carbocycles. The van der Waals surface area contributed by atoms with Gasteiger partial charge in [0.2, 0.25) is 11.8 Å². The van der Waals surface area contributed by atoms with Crippen molar-refractivity contribution in [2.75, 3.05) is 0 Å². The molecule has 9 heteroatoms. The number of rotatable bonds is 6. The maximum Gasteiger partial charge on any atom is 0.407 e. The quantitative estimate of drug-likeness (QED) is 0.502. The number of alkyl carbamates (subject to hydrolysis) is 1. The van der Waals surface area contributed by atoms with Gasteiger partial charge in [0, 0.05) is 25.1 Å². The number of ether oxygens (including phenoxy) is 1. The molecule has 1 unspecified atom stereocenters. The lowest BCUT2D eigenvalue weighted by atomic mass is 10.0. The van der Waals surface area contributed by atoms with E-state index in [2.05, 4.69) is 10.6 Å². The number of amides is 4. The van der Waals surface area contributed by atoms with Crippen LogP contribution in [0, 0.1) is 5.82 Å². The Kier molecular flexibility index (Phi) is 6.68. The monoisotopic (exact) mass is 501 g/mol. The topological polar surface area (TPSA) is 105 Å². The summed E-state index contributed by atoms with van der Waals surface area (Å²) in [5.74, 6) is -1.36. The van der Waals surface area contributed by atoms with Crippen molar-refractivity contribution in [1.82, 2.24) is 15.5 Å². The number of nitrogens with zero attached hydrogens (tertiary/aromatic N) is 1. The van der Waals surface area contributed by atoms with Crippen molar-refractivity contribution in [3.8, 4) is 11.1 Å². The number of halogens is 1. The van der Waals surface area contributed by atoms with Gasteiger partial charge in [-0.15, -0.1) is 0 Å². The van der Waals surface area contributed by atoms with E-state index >= 15 is 0 Å². The lowest BCUT2D eigenvalue weighted by Crippen LogP contribution is -2.52. The predicted octanol–water partition coefficient (Wildman–Crippen LogP) is 3.68. The predicted molar refractivity (Wildman–Crippen MR) is 131 cm³/mol. The second kappa shape index (κ2) is 10.2. The third-order valence-corrected chi connectivity index (χ3v) is 6.50. The van der Waals surface area contributed by atoms with Crippen molar-refractivity contribution in [1.29, 1.82) is 0 Å². The standard InChI is InChI=1S/C28H24FN3O5/c29-22-8-6-19(7-9-22)20-3-1-2-18(12-20)16-37-28(36)30-14-17-4-5-21-15-32(27(35)23(21)13-17)24-10-11-25(33)31-26(24)34/h1-9,12-13,24H,10-11,14-16H2,(H,30,36)(H,31,33,34). The van der Waals surface area contributed by atoms with Crippen LogP contribution < -0.4 is 10.6 Å². The Morgan fingerprint density at radius 3 is 2.59 bits per heavy atom. The van der Waals surface area contributed by atoms with Gasteiger partial charge in [-0.25, -0.2) is 9.18 Å². The smallest absolute Gasteiger partial charge is 0.407 e. The van der Waals surface area contributed by atoms with Gasteiger partial charge in [-0.05, 0) is 58.5 Å². The summed E-state index contributed by atoms with van der Waals surface area (Å²) in [4.78, 5) is 50.3. The minimum Gasteiger partial charge on any atom is -0.445 e. The molecule has 0 aliphatic carbocycles. The Morgan fingerprint density at radius 1 is 1.00 bits per heavy atom. The summed E-state index contributed by atoms with van der Waals surface area (Å²) < 4.78 is 18.5. The number of nitrogens with one attached hydrogen (secondary N) is 2. The fraction of sp³-hybridized carbons (Fsp3) is 0.214. The largest absolute Gasteiger partial charge is 0.445 e. The van der Waals surface area contributed by atoms with Gasteiger partial charge >= 0.3 is 6.09 Å². The van der Waals surface area contributed by atoms with Crippen LogP contribution in [-0.2, 0) is 34.0 Å². The van der Waals surface area contributed by atoms with Crippen LogP contribution in [0.3, 0.4) is 0 Å². The van der Waals surface area contributed by atoms with E-state index in [0.717, 1.165) is 22.3 Å². The van der Waals surface area contributed by atoms with E-state index in [9.17, 15) is 23.6 Å². The summed E-state index contributed by atoms with van der Waals surface area (Å²) in [6.07, 6.45) is -0.105. The van der Waals surface area contributed by atoms with E-state index in [1.54, 1.807) is 18.2 Å². The van der Waals surface area contributed by atoms with Gasteiger partial charge in [-0.2, -0.15) is 0 Å². The highest BCUT2D eigenvalue weighted by molar-refractivity contribution is 6.05. The number of benzene rings is 3. The van der Waals surface area contributed by atoms with Crippen LogP contribution in [0.25, 0.3) is 11.1 Å². The van der Waals surface area contributed by atoms with Crippen molar-refractivity contribution < 1.29 is 28.3 Å². The second-order valence-corrected chi connectivity index (χ2v) is 9.03. The van der Waals surface area contributed by atoms with E-state index in [0.29, 0.717) is 24.1 Å². The van der Waals surface area contributed by atoms with Crippen LogP contribution in [0.4, 0.5) is 9.18 Å². The van der Waals surface area contributed by atoms with Gasteiger partial charge in [0.05, 0.1) is 0 Å². The molecular formula is C28H24FN3O5. The molecule has 37 heavy (non-hydrogen) atoms. The molecule has 0 radical (unpaired) electrons. The van der Waals surface area contributed by atoms with Crippen LogP contribution in [0.2, 0.25) is 0 Å². The van der Waals surface area contributed by atoms with Gasteiger partial charge in [-0.3, -0.25) is 19.7 Å². The van der Waals surface area contributed by atoms with E-state index in [1.807, 2.05) is 36.4 Å². The van der Waals surface area contributed by atoms with Gasteiger partial charge in [0.25, 0.3) is 5.91 Å². The molecule has 0 aromatic heterocycles. The van der Waals surface area contributed by atoms with Gasteiger partial charge < -0.3 is 15.0 Å². The molecule has 0 bridgehead atoms. The molecule has 1 atom stereocenters. The summed E-state index contributed by atoms with van der Waals surface area (Å²) >= 11 is 0. The molecule has 2 N–H and O–H groups in total. The van der Waals surface area contributed by atoms with Crippen molar-refractivity contribution in [2.24, 2.45) is 0 Å². The number of hydrogen-bond donors (Lipinski definition) is 2. The molecule has 4 amide bonds. The Morgan fingerprint density at radius 2 is 1.81 bits per heavy atom. The van der Waals surface area contributed by atoms with E-state index in [1.165, 1.54) is 17.0 Å². The molecular weight excluding hydrogens is 477 g/mol. The number of fused-ring (bicyclic) bond motifs is 1. The SMILES string of the molecule is O=C1CCC(N2Cc3ccc(CNC(=O)OCc4cccc(-c5ccc(F)cc5)c4)cc3C2=O)C(=O)N1. The normalized spacial score (nSPS) is 16.8. The maximum absolute atomic E-state index is 13.2. The average molecular weight is 502 g/mol. The molecule has 1 fully saturated rings. The van der Waals surface area contributed by atoms with Crippen molar-refractivity contribution in [2.45, 2.75) is 38.6 Å². The highest BCUT2D eigenvalue weighted by Crippen LogP contribution is 2.28. The lowest BCUT2D eigenvalue weighted by Gasteiger charge is -2.29. The Labute approximate surface area is 212 Å². The third-order valence-electron chi connectivity index (χ3n) is 6.50. The molecule has 2 aliphatic rings. The fourth-order valence-corrected chi connectivity index (χ4v) is 4.57. The first-order chi connectivity index (χ1) is 17.9.